The molecule has 1 N–H and O–H groups in total. The third-order valence-electron chi connectivity index (χ3n) is 1.94. The van der Waals surface area contributed by atoms with Gasteiger partial charge in [-0.1, -0.05) is 11.6 Å². The number of nitro groups is 1. The van der Waals surface area contributed by atoms with E-state index in [0.29, 0.717) is 25.2 Å². The average molecular weight is 246 g/mol. The Balaban J connectivity index is 2.57. The monoisotopic (exact) mass is 245 g/mol. The highest BCUT2D eigenvalue weighted by molar-refractivity contribution is 6.32. The Kier molecular flexibility index (Phi) is 5.01. The lowest BCUT2D eigenvalue weighted by atomic mass is 10.3. The Labute approximate surface area is 97.8 Å². The third kappa shape index (κ3) is 3.67. The number of rotatable bonds is 6. The molecule has 0 fully saturated rings. The van der Waals surface area contributed by atoms with Gasteiger partial charge in [-0.05, 0) is 18.9 Å². The van der Waals surface area contributed by atoms with E-state index in [9.17, 15) is 10.1 Å². The molecule has 6 heteroatoms. The minimum Gasteiger partial charge on any atom is -0.492 e. The van der Waals surface area contributed by atoms with E-state index in [1.807, 2.05) is 0 Å². The van der Waals surface area contributed by atoms with Crippen LogP contribution in [0, 0.1) is 10.1 Å². The SMILES string of the molecule is O=[N+]([O-])c1ccc(OCCCCO)c(Cl)c1. The Morgan fingerprint density at radius 1 is 1.44 bits per heavy atom. The van der Waals surface area contributed by atoms with Crippen molar-refractivity contribution in [2.24, 2.45) is 0 Å². The number of nitrogens with zero attached hydrogens (tertiary/aromatic N) is 1. The quantitative estimate of drug-likeness (QED) is 0.475. The van der Waals surface area contributed by atoms with Gasteiger partial charge < -0.3 is 9.84 Å². The Bertz CT molecular complexity index is 370. The molecule has 5 nitrogen and oxygen atoms in total. The molecule has 0 atom stereocenters. The van der Waals surface area contributed by atoms with Crippen LogP contribution in [-0.2, 0) is 0 Å². The molecular weight excluding hydrogens is 234 g/mol. The number of hydrogen-bond acceptors (Lipinski definition) is 4. The molecule has 1 rings (SSSR count). The maximum atomic E-state index is 10.4. The maximum Gasteiger partial charge on any atom is 0.271 e. The average Bonchev–Trinajstić information content (AvgIpc) is 2.26. The van der Waals surface area contributed by atoms with E-state index in [-0.39, 0.29) is 17.3 Å². The largest absolute Gasteiger partial charge is 0.492 e. The highest BCUT2D eigenvalue weighted by Gasteiger charge is 2.09. The summed E-state index contributed by atoms with van der Waals surface area (Å²) in [5.41, 5.74) is -0.0623. The van der Waals surface area contributed by atoms with Gasteiger partial charge in [-0.2, -0.15) is 0 Å². The number of aliphatic hydroxyl groups is 1. The molecule has 0 spiro atoms. The van der Waals surface area contributed by atoms with Gasteiger partial charge >= 0.3 is 0 Å². The molecule has 0 bridgehead atoms. The van der Waals surface area contributed by atoms with E-state index in [2.05, 4.69) is 0 Å². The van der Waals surface area contributed by atoms with Gasteiger partial charge in [0.15, 0.2) is 0 Å². The van der Waals surface area contributed by atoms with Crippen molar-refractivity contribution in [1.29, 1.82) is 0 Å². The van der Waals surface area contributed by atoms with E-state index in [1.165, 1.54) is 18.2 Å². The number of hydrogen-bond donors (Lipinski definition) is 1. The van der Waals surface area contributed by atoms with Crippen molar-refractivity contribution in [3.63, 3.8) is 0 Å². The molecule has 0 radical (unpaired) electrons. The first-order valence-corrected chi connectivity index (χ1v) is 5.20. The number of benzene rings is 1. The normalized spacial score (nSPS) is 10.1. The fourth-order valence-electron chi connectivity index (χ4n) is 1.12. The molecule has 0 saturated carbocycles. The zero-order valence-corrected chi connectivity index (χ0v) is 9.31. The number of aliphatic hydroxyl groups excluding tert-OH is 1. The zero-order chi connectivity index (χ0) is 12.0. The van der Waals surface area contributed by atoms with Crippen molar-refractivity contribution in [3.05, 3.63) is 33.3 Å². The second-order valence-corrected chi connectivity index (χ2v) is 3.56. The predicted molar refractivity (Wildman–Crippen MR) is 59.9 cm³/mol. The Morgan fingerprint density at radius 3 is 2.75 bits per heavy atom. The van der Waals surface area contributed by atoms with Crippen LogP contribution >= 0.6 is 11.6 Å². The number of non-ortho nitro benzene ring substituents is 1. The summed E-state index contributed by atoms with van der Waals surface area (Å²) in [5.74, 6) is 0.421. The molecule has 1 aromatic rings. The lowest BCUT2D eigenvalue weighted by molar-refractivity contribution is -0.384. The van der Waals surface area contributed by atoms with Crippen LogP contribution in [0.4, 0.5) is 5.69 Å². The summed E-state index contributed by atoms with van der Waals surface area (Å²) in [6, 6.07) is 4.07. The molecule has 88 valence electrons. The molecule has 0 aliphatic heterocycles. The zero-order valence-electron chi connectivity index (χ0n) is 8.56. The first-order valence-electron chi connectivity index (χ1n) is 4.82. The van der Waals surface area contributed by atoms with E-state index in [0.717, 1.165) is 0 Å². The fourth-order valence-corrected chi connectivity index (χ4v) is 1.35. The van der Waals surface area contributed by atoms with Crippen molar-refractivity contribution >= 4 is 17.3 Å². The van der Waals surface area contributed by atoms with Gasteiger partial charge in [0, 0.05) is 18.7 Å². The molecule has 0 unspecified atom stereocenters. The summed E-state index contributed by atoms with van der Waals surface area (Å²) in [6.07, 6.45) is 1.37. The molecule has 1 aromatic carbocycles. The fraction of sp³-hybridized carbons (Fsp3) is 0.400. The van der Waals surface area contributed by atoms with Crippen LogP contribution in [0.3, 0.4) is 0 Å². The summed E-state index contributed by atoms with van der Waals surface area (Å²) in [6.45, 7) is 0.551. The highest BCUT2D eigenvalue weighted by atomic mass is 35.5. The van der Waals surface area contributed by atoms with Crippen LogP contribution in [0.2, 0.25) is 5.02 Å². The Hall–Kier alpha value is -1.33. The summed E-state index contributed by atoms with van der Waals surface area (Å²) in [4.78, 5) is 9.93. The van der Waals surface area contributed by atoms with Gasteiger partial charge in [0.05, 0.1) is 16.6 Å². The molecule has 0 aliphatic carbocycles. The van der Waals surface area contributed by atoms with E-state index in [1.54, 1.807) is 0 Å². The van der Waals surface area contributed by atoms with Crippen LogP contribution in [0.1, 0.15) is 12.8 Å². The molecule has 0 heterocycles. The summed E-state index contributed by atoms with van der Waals surface area (Å²) < 4.78 is 5.31. The molecule has 16 heavy (non-hydrogen) atoms. The molecule has 0 saturated heterocycles. The first kappa shape index (κ1) is 12.7. The van der Waals surface area contributed by atoms with Crippen molar-refractivity contribution < 1.29 is 14.8 Å². The summed E-state index contributed by atoms with van der Waals surface area (Å²) >= 11 is 5.81. The Morgan fingerprint density at radius 2 is 2.19 bits per heavy atom. The smallest absolute Gasteiger partial charge is 0.271 e. The van der Waals surface area contributed by atoms with Gasteiger partial charge in [0.1, 0.15) is 5.75 Å². The topological polar surface area (TPSA) is 72.6 Å². The van der Waals surface area contributed by atoms with Gasteiger partial charge in [-0.3, -0.25) is 10.1 Å². The van der Waals surface area contributed by atoms with Crippen LogP contribution < -0.4 is 4.74 Å². The van der Waals surface area contributed by atoms with Gasteiger partial charge in [-0.25, -0.2) is 0 Å². The molecule has 0 aliphatic rings. The number of nitro benzene ring substituents is 1. The second kappa shape index (κ2) is 6.30. The summed E-state index contributed by atoms with van der Waals surface area (Å²) in [7, 11) is 0. The number of halogens is 1. The van der Waals surface area contributed by atoms with Crippen LogP contribution in [0.15, 0.2) is 18.2 Å². The van der Waals surface area contributed by atoms with Crippen molar-refractivity contribution in [3.8, 4) is 5.75 Å². The molecule has 0 amide bonds. The highest BCUT2D eigenvalue weighted by Crippen LogP contribution is 2.28. The van der Waals surface area contributed by atoms with Crippen LogP contribution in [-0.4, -0.2) is 23.2 Å². The number of ether oxygens (including phenoxy) is 1. The standard InChI is InChI=1S/C10H12ClNO4/c11-9-7-8(12(14)15)3-4-10(9)16-6-2-1-5-13/h3-4,7,13H,1-2,5-6H2. The minimum atomic E-state index is -0.512. The first-order chi connectivity index (χ1) is 7.65. The van der Waals surface area contributed by atoms with E-state index in [4.69, 9.17) is 21.4 Å². The van der Waals surface area contributed by atoms with Gasteiger partial charge in [-0.15, -0.1) is 0 Å². The molecular formula is C10H12ClNO4. The van der Waals surface area contributed by atoms with Crippen molar-refractivity contribution in [1.82, 2.24) is 0 Å². The summed E-state index contributed by atoms with van der Waals surface area (Å²) in [5, 5.41) is 19.2. The van der Waals surface area contributed by atoms with Gasteiger partial charge in [0.2, 0.25) is 0 Å². The van der Waals surface area contributed by atoms with E-state index < -0.39 is 4.92 Å². The van der Waals surface area contributed by atoms with Crippen molar-refractivity contribution in [2.75, 3.05) is 13.2 Å². The van der Waals surface area contributed by atoms with Crippen molar-refractivity contribution in [2.45, 2.75) is 12.8 Å². The lowest BCUT2D eigenvalue weighted by Gasteiger charge is -2.06. The predicted octanol–water partition coefficient (Wildman–Crippen LogP) is 2.40. The molecule has 0 aromatic heterocycles. The number of unbranched alkanes of at least 4 members (excludes halogenated alkanes) is 1. The lowest BCUT2D eigenvalue weighted by Crippen LogP contribution is -1.99. The minimum absolute atomic E-state index is 0.0623. The maximum absolute atomic E-state index is 10.4. The third-order valence-corrected chi connectivity index (χ3v) is 2.23. The van der Waals surface area contributed by atoms with Crippen LogP contribution in [0.25, 0.3) is 0 Å². The van der Waals surface area contributed by atoms with E-state index >= 15 is 0 Å². The second-order valence-electron chi connectivity index (χ2n) is 3.15. The van der Waals surface area contributed by atoms with Crippen LogP contribution in [0.5, 0.6) is 5.75 Å². The van der Waals surface area contributed by atoms with Gasteiger partial charge in [0.25, 0.3) is 5.69 Å².